The number of nitrogens with zero attached hydrogens (tertiary/aromatic N) is 2. The Balaban J connectivity index is 0.00000162. The minimum absolute atomic E-state index is 0. The molecule has 2 rings (SSSR count). The minimum Gasteiger partial charge on any atom is -1.00 e. The molecule has 0 aliphatic carbocycles. The van der Waals surface area contributed by atoms with Crippen LogP contribution in [0.25, 0.3) is 10.9 Å². The SMILES string of the molecule is COC(=O)C[n+]1cc(C)c2cccc(C)c2n1.[Br-]. The fourth-order valence-electron chi connectivity index (χ4n) is 1.84. The van der Waals surface area contributed by atoms with Crippen LogP contribution in [-0.2, 0) is 16.1 Å². The summed E-state index contributed by atoms with van der Waals surface area (Å²) in [5, 5.41) is 5.56. The third-order valence-corrected chi connectivity index (χ3v) is 2.75. The summed E-state index contributed by atoms with van der Waals surface area (Å²) >= 11 is 0. The van der Waals surface area contributed by atoms with Crippen molar-refractivity contribution in [1.29, 1.82) is 0 Å². The second-order valence-electron chi connectivity index (χ2n) is 4.06. The molecule has 0 amide bonds. The molecule has 0 fully saturated rings. The zero-order valence-corrected chi connectivity index (χ0v) is 12.2. The normalized spacial score (nSPS) is 9.94. The maximum atomic E-state index is 11.2. The fraction of sp³-hybridized carbons (Fsp3) is 0.308. The molecule has 1 aromatic carbocycles. The van der Waals surface area contributed by atoms with Gasteiger partial charge < -0.3 is 21.7 Å². The molecule has 4 nitrogen and oxygen atoms in total. The molecule has 5 heteroatoms. The van der Waals surface area contributed by atoms with Gasteiger partial charge in [-0.15, -0.1) is 0 Å². The van der Waals surface area contributed by atoms with Crippen LogP contribution in [0.2, 0.25) is 0 Å². The van der Waals surface area contributed by atoms with Crippen molar-refractivity contribution in [2.75, 3.05) is 7.11 Å². The summed E-state index contributed by atoms with van der Waals surface area (Å²) in [6.45, 7) is 4.16. The zero-order chi connectivity index (χ0) is 12.4. The van der Waals surface area contributed by atoms with E-state index in [0.29, 0.717) is 0 Å². The van der Waals surface area contributed by atoms with E-state index in [1.807, 2.05) is 38.2 Å². The van der Waals surface area contributed by atoms with Gasteiger partial charge in [0.05, 0.1) is 7.11 Å². The van der Waals surface area contributed by atoms with Gasteiger partial charge in [0.1, 0.15) is 5.52 Å². The van der Waals surface area contributed by atoms with Crippen LogP contribution in [-0.4, -0.2) is 18.2 Å². The fourth-order valence-corrected chi connectivity index (χ4v) is 1.84. The number of carbonyl (C=O) groups excluding carboxylic acids is 1. The van der Waals surface area contributed by atoms with Gasteiger partial charge in [-0.25, -0.2) is 4.79 Å². The standard InChI is InChI=1S/C13H15N2O2.BrH/c1-9-5-4-6-11-10(2)7-15(14-13(9)11)8-12(16)17-3;/h4-7H,8H2,1-3H3;1H/q+1;/p-1. The molecule has 0 unspecified atom stereocenters. The van der Waals surface area contributed by atoms with Crippen LogP contribution in [0.5, 0.6) is 0 Å². The van der Waals surface area contributed by atoms with Crippen LogP contribution in [0, 0.1) is 13.8 Å². The monoisotopic (exact) mass is 310 g/mol. The van der Waals surface area contributed by atoms with Crippen LogP contribution >= 0.6 is 0 Å². The molecule has 0 aliphatic rings. The van der Waals surface area contributed by atoms with Crippen molar-refractivity contribution in [3.8, 4) is 0 Å². The van der Waals surface area contributed by atoms with E-state index in [2.05, 4.69) is 9.84 Å². The molecule has 0 atom stereocenters. The Morgan fingerprint density at radius 2 is 2.06 bits per heavy atom. The Morgan fingerprint density at radius 3 is 2.72 bits per heavy atom. The van der Waals surface area contributed by atoms with E-state index in [1.54, 1.807) is 4.68 Å². The molecule has 0 N–H and O–H groups in total. The summed E-state index contributed by atoms with van der Waals surface area (Å²) in [6.07, 6.45) is 1.86. The van der Waals surface area contributed by atoms with E-state index in [4.69, 9.17) is 0 Å². The summed E-state index contributed by atoms with van der Waals surface area (Å²) in [5.74, 6) is -0.296. The maximum Gasteiger partial charge on any atom is 0.374 e. The van der Waals surface area contributed by atoms with Gasteiger partial charge in [0, 0.05) is 16.0 Å². The number of hydrogen-bond acceptors (Lipinski definition) is 3. The van der Waals surface area contributed by atoms with Crippen molar-refractivity contribution in [3.63, 3.8) is 0 Å². The number of methoxy groups -OCH3 is 1. The third kappa shape index (κ3) is 2.85. The van der Waals surface area contributed by atoms with Crippen molar-refractivity contribution < 1.29 is 31.2 Å². The Labute approximate surface area is 116 Å². The van der Waals surface area contributed by atoms with Gasteiger partial charge >= 0.3 is 5.97 Å². The van der Waals surface area contributed by atoms with Crippen molar-refractivity contribution in [3.05, 3.63) is 35.5 Å². The predicted octanol–water partition coefficient (Wildman–Crippen LogP) is -1.68. The molecule has 96 valence electrons. The average molecular weight is 311 g/mol. The number of ether oxygens (including phenoxy) is 1. The molecule has 2 aromatic rings. The lowest BCUT2D eigenvalue weighted by Crippen LogP contribution is -3.00. The lowest BCUT2D eigenvalue weighted by atomic mass is 10.1. The highest BCUT2D eigenvalue weighted by Crippen LogP contribution is 2.16. The van der Waals surface area contributed by atoms with E-state index in [0.717, 1.165) is 22.0 Å². The highest BCUT2D eigenvalue weighted by Gasteiger charge is 2.14. The number of hydrogen-bond donors (Lipinski definition) is 0. The lowest BCUT2D eigenvalue weighted by molar-refractivity contribution is -0.741. The average Bonchev–Trinajstić information content (AvgIpc) is 2.30. The second kappa shape index (κ2) is 5.91. The Hall–Kier alpha value is -1.49. The van der Waals surface area contributed by atoms with Gasteiger partial charge in [-0.2, -0.15) is 0 Å². The van der Waals surface area contributed by atoms with Crippen molar-refractivity contribution in [2.45, 2.75) is 20.4 Å². The second-order valence-corrected chi connectivity index (χ2v) is 4.06. The smallest absolute Gasteiger partial charge is 0.374 e. The molecule has 0 saturated carbocycles. The van der Waals surface area contributed by atoms with Gasteiger partial charge in [-0.3, -0.25) is 0 Å². The summed E-state index contributed by atoms with van der Waals surface area (Å²) in [6, 6.07) is 6.06. The third-order valence-electron chi connectivity index (χ3n) is 2.75. The number of halogens is 1. The predicted molar refractivity (Wildman–Crippen MR) is 63.4 cm³/mol. The van der Waals surface area contributed by atoms with Gasteiger partial charge in [-0.05, 0) is 19.4 Å². The molecule has 1 heterocycles. The lowest BCUT2D eigenvalue weighted by Gasteiger charge is -2.02. The highest BCUT2D eigenvalue weighted by molar-refractivity contribution is 5.83. The highest BCUT2D eigenvalue weighted by atomic mass is 79.9. The number of aromatic nitrogens is 2. The van der Waals surface area contributed by atoms with E-state index in [-0.39, 0.29) is 29.5 Å². The van der Waals surface area contributed by atoms with Gasteiger partial charge in [0.25, 0.3) is 6.54 Å². The zero-order valence-electron chi connectivity index (χ0n) is 10.6. The van der Waals surface area contributed by atoms with Crippen LogP contribution in [0.15, 0.2) is 24.4 Å². The number of carbonyl (C=O) groups is 1. The maximum absolute atomic E-state index is 11.2. The van der Waals surface area contributed by atoms with Crippen LogP contribution < -0.4 is 21.7 Å². The molecule has 0 aliphatic heterocycles. The number of aryl methyl sites for hydroxylation is 2. The largest absolute Gasteiger partial charge is 1.00 e. The van der Waals surface area contributed by atoms with Gasteiger partial charge in [0.15, 0.2) is 0 Å². The molecule has 0 bridgehead atoms. The number of rotatable bonds is 2. The first-order valence-electron chi connectivity index (χ1n) is 5.45. The first-order valence-corrected chi connectivity index (χ1v) is 5.45. The molecular formula is C13H15BrN2O2. The molecule has 0 saturated heterocycles. The van der Waals surface area contributed by atoms with Crippen LogP contribution in [0.4, 0.5) is 0 Å². The summed E-state index contributed by atoms with van der Waals surface area (Å²) in [4.78, 5) is 11.2. The van der Waals surface area contributed by atoms with Crippen molar-refractivity contribution >= 4 is 16.9 Å². The van der Waals surface area contributed by atoms with Crippen molar-refractivity contribution in [1.82, 2.24) is 5.10 Å². The quantitative estimate of drug-likeness (QED) is 0.491. The Kier molecular flexibility index (Phi) is 4.78. The number of fused-ring (bicyclic) bond motifs is 1. The summed E-state index contributed by atoms with van der Waals surface area (Å²) < 4.78 is 6.26. The summed E-state index contributed by atoms with van der Waals surface area (Å²) in [5.41, 5.74) is 3.13. The Morgan fingerprint density at radius 1 is 1.33 bits per heavy atom. The van der Waals surface area contributed by atoms with Crippen LogP contribution in [0.1, 0.15) is 11.1 Å². The Bertz CT molecular complexity index is 584. The molecule has 0 radical (unpaired) electrons. The first kappa shape index (κ1) is 14.6. The first-order chi connectivity index (χ1) is 8.11. The minimum atomic E-state index is -0.296. The van der Waals surface area contributed by atoms with Crippen molar-refractivity contribution in [2.24, 2.45) is 0 Å². The molecular weight excluding hydrogens is 296 g/mol. The van der Waals surface area contributed by atoms with Crippen LogP contribution in [0.3, 0.4) is 0 Å². The molecule has 1 aromatic heterocycles. The number of benzene rings is 1. The van der Waals surface area contributed by atoms with Gasteiger partial charge in [0.2, 0.25) is 6.20 Å². The van der Waals surface area contributed by atoms with E-state index < -0.39 is 0 Å². The molecule has 0 spiro atoms. The van der Waals surface area contributed by atoms with E-state index >= 15 is 0 Å². The molecule has 18 heavy (non-hydrogen) atoms. The topological polar surface area (TPSA) is 43.1 Å². The van der Waals surface area contributed by atoms with Gasteiger partial charge in [-0.1, -0.05) is 22.9 Å². The number of esters is 1. The summed E-state index contributed by atoms with van der Waals surface area (Å²) in [7, 11) is 1.38. The van der Waals surface area contributed by atoms with E-state index in [1.165, 1.54) is 7.11 Å². The van der Waals surface area contributed by atoms with E-state index in [9.17, 15) is 4.79 Å².